The molecule has 2 aromatic heterocycles. The fourth-order valence-corrected chi connectivity index (χ4v) is 3.04. The van der Waals surface area contributed by atoms with Gasteiger partial charge in [-0.25, -0.2) is 9.97 Å². The molecular formula is C13H8Cl2N4O2S. The van der Waals surface area contributed by atoms with Gasteiger partial charge in [-0.3, -0.25) is 10.1 Å². The number of nitro groups is 1. The number of rotatable bonds is 4. The van der Waals surface area contributed by atoms with Crippen molar-refractivity contribution in [3.05, 3.63) is 56.3 Å². The number of nitrogens with one attached hydrogen (secondary N) is 1. The highest BCUT2D eigenvalue weighted by Gasteiger charge is 2.15. The number of benzene rings is 1. The summed E-state index contributed by atoms with van der Waals surface area (Å²) in [5, 5.41) is 15.6. The zero-order chi connectivity index (χ0) is 15.7. The second-order valence-electron chi connectivity index (χ2n) is 4.38. The Labute approximate surface area is 138 Å². The van der Waals surface area contributed by atoms with Gasteiger partial charge in [0.05, 0.1) is 20.4 Å². The summed E-state index contributed by atoms with van der Waals surface area (Å²) in [5.41, 5.74) is 0.922. The number of halogens is 2. The molecule has 0 atom stereocenters. The van der Waals surface area contributed by atoms with Crippen molar-refractivity contribution in [3.8, 4) is 0 Å². The second-order valence-corrected chi connectivity index (χ2v) is 6.21. The van der Waals surface area contributed by atoms with Crippen molar-refractivity contribution in [2.75, 3.05) is 5.32 Å². The maximum Gasteiger partial charge on any atom is 0.326 e. The monoisotopic (exact) mass is 354 g/mol. The second kappa shape index (κ2) is 6.04. The zero-order valence-electron chi connectivity index (χ0n) is 10.9. The van der Waals surface area contributed by atoms with E-state index in [1.54, 1.807) is 12.1 Å². The van der Waals surface area contributed by atoms with E-state index < -0.39 is 4.92 Å². The molecule has 3 aromatic rings. The van der Waals surface area contributed by atoms with Crippen molar-refractivity contribution in [3.63, 3.8) is 0 Å². The van der Waals surface area contributed by atoms with Gasteiger partial charge in [0.15, 0.2) is 0 Å². The SMILES string of the molecule is O=[N+]([O-])c1cc2c(NCc3ccc(Cl)c(Cl)c3)ncnc2s1. The summed E-state index contributed by atoms with van der Waals surface area (Å²) in [4.78, 5) is 19.2. The molecule has 0 aliphatic carbocycles. The first kappa shape index (κ1) is 15.0. The van der Waals surface area contributed by atoms with Gasteiger partial charge >= 0.3 is 5.00 Å². The van der Waals surface area contributed by atoms with E-state index in [9.17, 15) is 10.1 Å². The highest BCUT2D eigenvalue weighted by molar-refractivity contribution is 7.21. The summed E-state index contributed by atoms with van der Waals surface area (Å²) in [6.45, 7) is 0.465. The van der Waals surface area contributed by atoms with Crippen LogP contribution in [0.2, 0.25) is 10.0 Å². The zero-order valence-corrected chi connectivity index (χ0v) is 13.2. The number of hydrogen-bond donors (Lipinski definition) is 1. The molecule has 0 saturated carbocycles. The molecule has 6 nitrogen and oxygen atoms in total. The molecule has 0 radical (unpaired) electrons. The van der Waals surface area contributed by atoms with E-state index in [2.05, 4.69) is 15.3 Å². The van der Waals surface area contributed by atoms with Crippen LogP contribution in [0.4, 0.5) is 10.8 Å². The number of aromatic nitrogens is 2. The molecule has 0 unspecified atom stereocenters. The van der Waals surface area contributed by atoms with Crippen LogP contribution in [-0.2, 0) is 6.54 Å². The van der Waals surface area contributed by atoms with Crippen LogP contribution >= 0.6 is 34.5 Å². The third-order valence-corrected chi connectivity index (χ3v) is 4.67. The van der Waals surface area contributed by atoms with Gasteiger partial charge < -0.3 is 5.32 Å². The Morgan fingerprint density at radius 3 is 2.77 bits per heavy atom. The minimum absolute atomic E-state index is 0.0353. The van der Waals surface area contributed by atoms with Gasteiger partial charge in [-0.05, 0) is 29.0 Å². The third kappa shape index (κ3) is 2.96. The fraction of sp³-hybridized carbons (Fsp3) is 0.0769. The van der Waals surface area contributed by atoms with Crippen molar-refractivity contribution >= 4 is 55.6 Å². The maximum absolute atomic E-state index is 10.9. The van der Waals surface area contributed by atoms with Gasteiger partial charge in [-0.15, -0.1) is 0 Å². The number of thiophene rings is 1. The van der Waals surface area contributed by atoms with Crippen LogP contribution in [0.25, 0.3) is 10.2 Å². The number of anilines is 1. The van der Waals surface area contributed by atoms with Crippen LogP contribution in [0.5, 0.6) is 0 Å². The highest BCUT2D eigenvalue weighted by atomic mass is 35.5. The van der Waals surface area contributed by atoms with Crippen LogP contribution in [0.3, 0.4) is 0 Å². The Kier molecular flexibility index (Phi) is 4.10. The van der Waals surface area contributed by atoms with Crippen LogP contribution in [-0.4, -0.2) is 14.9 Å². The largest absolute Gasteiger partial charge is 0.365 e. The molecule has 1 aromatic carbocycles. The smallest absolute Gasteiger partial charge is 0.326 e. The molecule has 0 amide bonds. The first-order valence-corrected chi connectivity index (χ1v) is 7.68. The number of nitrogens with zero attached hydrogens (tertiary/aromatic N) is 3. The van der Waals surface area contributed by atoms with Crippen molar-refractivity contribution < 1.29 is 4.92 Å². The van der Waals surface area contributed by atoms with Crippen LogP contribution in [0, 0.1) is 10.1 Å². The Morgan fingerprint density at radius 1 is 1.23 bits per heavy atom. The predicted molar refractivity (Wildman–Crippen MR) is 87.9 cm³/mol. The van der Waals surface area contributed by atoms with E-state index in [1.165, 1.54) is 12.4 Å². The van der Waals surface area contributed by atoms with Gasteiger partial charge in [0, 0.05) is 12.6 Å². The molecule has 2 heterocycles. The van der Waals surface area contributed by atoms with E-state index >= 15 is 0 Å². The minimum Gasteiger partial charge on any atom is -0.365 e. The van der Waals surface area contributed by atoms with Crippen LogP contribution in [0.15, 0.2) is 30.6 Å². The third-order valence-electron chi connectivity index (χ3n) is 2.94. The molecule has 9 heteroatoms. The quantitative estimate of drug-likeness (QED) is 0.550. The first-order valence-electron chi connectivity index (χ1n) is 6.11. The van der Waals surface area contributed by atoms with Gasteiger partial charge in [-0.2, -0.15) is 0 Å². The summed E-state index contributed by atoms with van der Waals surface area (Å²) in [5.74, 6) is 0.542. The Morgan fingerprint density at radius 2 is 2.05 bits per heavy atom. The molecule has 1 N–H and O–H groups in total. The van der Waals surface area contributed by atoms with Gasteiger partial charge in [0.25, 0.3) is 0 Å². The molecule has 112 valence electrons. The molecule has 0 fully saturated rings. The molecule has 22 heavy (non-hydrogen) atoms. The van der Waals surface area contributed by atoms with Gasteiger partial charge in [0.1, 0.15) is 17.0 Å². The summed E-state index contributed by atoms with van der Waals surface area (Å²) < 4.78 is 0. The van der Waals surface area contributed by atoms with Crippen LogP contribution in [0.1, 0.15) is 5.56 Å². The molecular weight excluding hydrogens is 347 g/mol. The summed E-state index contributed by atoms with van der Waals surface area (Å²) >= 11 is 12.9. The molecule has 0 aliphatic rings. The van der Waals surface area contributed by atoms with Crippen molar-refractivity contribution in [1.29, 1.82) is 0 Å². The Balaban J connectivity index is 1.87. The van der Waals surface area contributed by atoms with Gasteiger partial charge in [0.2, 0.25) is 0 Å². The molecule has 0 bridgehead atoms. The van der Waals surface area contributed by atoms with E-state index in [0.29, 0.717) is 32.6 Å². The van der Waals surface area contributed by atoms with Gasteiger partial charge in [-0.1, -0.05) is 29.3 Å². The predicted octanol–water partition coefficient (Wildman–Crippen LogP) is 4.52. The van der Waals surface area contributed by atoms with E-state index in [4.69, 9.17) is 23.2 Å². The Bertz CT molecular complexity index is 868. The lowest BCUT2D eigenvalue weighted by Crippen LogP contribution is -2.01. The standard InChI is InChI=1S/C13H8Cl2N4O2S/c14-9-2-1-7(3-10(9)15)5-16-12-8-4-11(19(20)21)22-13(8)18-6-17-12/h1-4,6H,5H2,(H,16,17,18). The summed E-state index contributed by atoms with van der Waals surface area (Å²) in [7, 11) is 0. The molecule has 3 rings (SSSR count). The van der Waals surface area contributed by atoms with E-state index in [1.807, 2.05) is 6.07 Å². The lowest BCUT2D eigenvalue weighted by molar-refractivity contribution is -0.380. The molecule has 0 saturated heterocycles. The number of hydrogen-bond acceptors (Lipinski definition) is 6. The van der Waals surface area contributed by atoms with E-state index in [-0.39, 0.29) is 5.00 Å². The number of fused-ring (bicyclic) bond motifs is 1. The van der Waals surface area contributed by atoms with Crippen molar-refractivity contribution in [1.82, 2.24) is 9.97 Å². The maximum atomic E-state index is 10.9. The summed E-state index contributed by atoms with van der Waals surface area (Å²) in [6.07, 6.45) is 1.37. The topological polar surface area (TPSA) is 81.0 Å². The molecule has 0 aliphatic heterocycles. The van der Waals surface area contributed by atoms with E-state index in [0.717, 1.165) is 16.9 Å². The lowest BCUT2D eigenvalue weighted by Gasteiger charge is -2.07. The van der Waals surface area contributed by atoms with Crippen molar-refractivity contribution in [2.24, 2.45) is 0 Å². The normalized spacial score (nSPS) is 10.8. The first-order chi connectivity index (χ1) is 10.5. The fourth-order valence-electron chi connectivity index (χ4n) is 1.91. The lowest BCUT2D eigenvalue weighted by atomic mass is 10.2. The summed E-state index contributed by atoms with van der Waals surface area (Å²) in [6, 6.07) is 6.78. The Hall–Kier alpha value is -1.96. The van der Waals surface area contributed by atoms with Crippen LogP contribution < -0.4 is 5.32 Å². The highest BCUT2D eigenvalue weighted by Crippen LogP contribution is 2.33. The average molecular weight is 355 g/mol. The molecule has 0 spiro atoms. The minimum atomic E-state index is -0.435. The van der Waals surface area contributed by atoms with Crippen molar-refractivity contribution in [2.45, 2.75) is 6.54 Å². The average Bonchev–Trinajstić information content (AvgIpc) is 2.93.